The van der Waals surface area contributed by atoms with Crippen LogP contribution in [0, 0.1) is 11.6 Å². The van der Waals surface area contributed by atoms with Crippen molar-refractivity contribution >= 4 is 23.4 Å². The molecular weight excluding hydrogens is 321 g/mol. The van der Waals surface area contributed by atoms with Crippen LogP contribution in [-0.2, 0) is 0 Å². The first kappa shape index (κ1) is 13.3. The van der Waals surface area contributed by atoms with Crippen LogP contribution in [0.3, 0.4) is 0 Å². The molecule has 0 saturated carbocycles. The molecule has 5 heteroatoms. The summed E-state index contributed by atoms with van der Waals surface area (Å²) in [5.74, 6) is -0.527. The molecule has 0 amide bonds. The van der Waals surface area contributed by atoms with Crippen molar-refractivity contribution in [3.8, 4) is 0 Å². The van der Waals surface area contributed by atoms with E-state index >= 15 is 0 Å². The molecule has 20 heavy (non-hydrogen) atoms. The van der Waals surface area contributed by atoms with Crippen LogP contribution in [0.2, 0.25) is 0 Å². The second-order valence-electron chi connectivity index (χ2n) is 4.64. The zero-order valence-corrected chi connectivity index (χ0v) is 12.3. The van der Waals surface area contributed by atoms with Gasteiger partial charge < -0.3 is 0 Å². The van der Waals surface area contributed by atoms with Gasteiger partial charge in [-0.05, 0) is 0 Å². The van der Waals surface area contributed by atoms with Crippen LogP contribution in [0.5, 0.6) is 0 Å². The summed E-state index contributed by atoms with van der Waals surface area (Å²) in [6.45, 7) is 0. The molecule has 1 aliphatic heterocycles. The van der Waals surface area contributed by atoms with Gasteiger partial charge in [0.25, 0.3) is 0 Å². The summed E-state index contributed by atoms with van der Waals surface area (Å²) in [5, 5.41) is 0. The Hall–Kier alpha value is -1.67. The zero-order valence-electron chi connectivity index (χ0n) is 10.4. The Morgan fingerprint density at radius 2 is 1.35 bits per heavy atom. The summed E-state index contributed by atoms with van der Waals surface area (Å²) in [6.07, 6.45) is 1.74. The summed E-state index contributed by atoms with van der Waals surface area (Å²) < 4.78 is 28.0. The fourth-order valence-electron chi connectivity index (χ4n) is 2.36. The van der Waals surface area contributed by atoms with Gasteiger partial charge >= 0.3 is 124 Å². The van der Waals surface area contributed by atoms with E-state index in [1.807, 2.05) is 3.82 Å². The Morgan fingerprint density at radius 3 is 1.90 bits per heavy atom. The summed E-state index contributed by atoms with van der Waals surface area (Å²) in [6, 6.07) is 12.6. The number of halogens is 2. The predicted octanol–water partition coefficient (Wildman–Crippen LogP) is 3.17. The summed E-state index contributed by atoms with van der Waals surface area (Å²) in [4.78, 5) is 4.47. The maximum absolute atomic E-state index is 13.0. The number of nitrogens with zero attached hydrogens (tertiary/aromatic N) is 2. The van der Waals surface area contributed by atoms with Crippen molar-refractivity contribution in [1.29, 1.82) is 0 Å². The Balaban J connectivity index is 1.95. The average molecular weight is 332 g/mol. The minimum atomic E-state index is -0.266. The second kappa shape index (κ2) is 5.37. The van der Waals surface area contributed by atoms with E-state index < -0.39 is 0 Å². The van der Waals surface area contributed by atoms with Crippen LogP contribution in [0.4, 0.5) is 8.78 Å². The number of benzene rings is 2. The van der Waals surface area contributed by atoms with E-state index in [1.165, 1.54) is 24.3 Å². The van der Waals surface area contributed by atoms with Gasteiger partial charge in [-0.3, -0.25) is 0 Å². The first-order valence-corrected chi connectivity index (χ1v) is 7.00. The van der Waals surface area contributed by atoms with Crippen molar-refractivity contribution < 1.29 is 8.78 Å². The average Bonchev–Trinajstić information content (AvgIpc) is 2.83. The molecule has 2 atom stereocenters. The van der Waals surface area contributed by atoms with E-state index in [1.54, 1.807) is 30.6 Å². The molecule has 2 aromatic rings. The molecule has 0 saturated heterocycles. The van der Waals surface area contributed by atoms with Crippen molar-refractivity contribution in [3.63, 3.8) is 0 Å². The second-order valence-corrected chi connectivity index (χ2v) is 5.61. The van der Waals surface area contributed by atoms with E-state index in [0.717, 1.165) is 11.1 Å². The van der Waals surface area contributed by atoms with Crippen LogP contribution < -0.4 is 0 Å². The molecule has 0 aromatic heterocycles. The normalized spacial score (nSPS) is 21.4. The van der Waals surface area contributed by atoms with Crippen molar-refractivity contribution in [2.75, 3.05) is 0 Å². The van der Waals surface area contributed by atoms with E-state index in [2.05, 4.69) is 22.1 Å². The van der Waals surface area contributed by atoms with E-state index in [0.29, 0.717) is 0 Å². The molecule has 1 aliphatic rings. The van der Waals surface area contributed by atoms with Crippen LogP contribution in [0.25, 0.3) is 0 Å². The molecule has 0 aliphatic carbocycles. The first-order valence-electron chi connectivity index (χ1n) is 6.16. The fraction of sp³-hybridized carbons (Fsp3) is 0.133. The Kier molecular flexibility index (Phi) is 3.58. The monoisotopic (exact) mass is 332 g/mol. The Morgan fingerprint density at radius 1 is 0.850 bits per heavy atom. The molecule has 0 bridgehead atoms. The van der Waals surface area contributed by atoms with Crippen molar-refractivity contribution in [2.45, 2.75) is 12.1 Å². The molecule has 2 radical (unpaired) electrons. The van der Waals surface area contributed by atoms with Gasteiger partial charge in [-0.1, -0.05) is 0 Å². The summed E-state index contributed by atoms with van der Waals surface area (Å²) >= 11 is 2.43. The topological polar surface area (TPSA) is 15.6 Å². The predicted molar refractivity (Wildman–Crippen MR) is 74.4 cm³/mol. The molecule has 2 unspecified atom stereocenters. The van der Waals surface area contributed by atoms with Crippen molar-refractivity contribution in [1.82, 2.24) is 3.82 Å². The van der Waals surface area contributed by atoms with Gasteiger partial charge in [-0.2, -0.15) is 0 Å². The van der Waals surface area contributed by atoms with E-state index in [9.17, 15) is 8.78 Å². The standard InChI is InChI=1S/C15H11AsF2N2/c16-20-9-19-14(10-1-5-12(17)6-2-10)15(20)11-3-7-13(18)8-4-11/h1-9,14-15H. The quantitative estimate of drug-likeness (QED) is 0.772. The molecular formula is C15H11AsF2N2. The number of rotatable bonds is 2. The summed E-state index contributed by atoms with van der Waals surface area (Å²) in [5.41, 5.74) is 1.91. The zero-order chi connectivity index (χ0) is 14.1. The fourth-order valence-corrected chi connectivity index (χ4v) is 3.03. The van der Waals surface area contributed by atoms with E-state index in [-0.39, 0.29) is 23.7 Å². The van der Waals surface area contributed by atoms with E-state index in [4.69, 9.17) is 0 Å². The van der Waals surface area contributed by atoms with Gasteiger partial charge in [-0.25, -0.2) is 0 Å². The molecule has 0 spiro atoms. The molecule has 3 rings (SSSR count). The van der Waals surface area contributed by atoms with Gasteiger partial charge in [-0.15, -0.1) is 0 Å². The molecule has 1 heterocycles. The van der Waals surface area contributed by atoms with Crippen LogP contribution >= 0.6 is 0 Å². The molecule has 100 valence electrons. The Bertz CT molecular complexity index is 625. The molecule has 0 N–H and O–H groups in total. The molecule has 2 aromatic carbocycles. The van der Waals surface area contributed by atoms with Gasteiger partial charge in [0.05, 0.1) is 0 Å². The number of hydrogen-bond acceptors (Lipinski definition) is 2. The van der Waals surface area contributed by atoms with Crippen molar-refractivity contribution in [2.24, 2.45) is 4.99 Å². The van der Waals surface area contributed by atoms with Crippen LogP contribution in [0.1, 0.15) is 23.2 Å². The maximum atomic E-state index is 13.0. The first-order chi connectivity index (χ1) is 9.65. The number of hydrogen-bond donors (Lipinski definition) is 0. The third-order valence-corrected chi connectivity index (χ3v) is 4.09. The number of aliphatic imine (C=N–C) groups is 1. The van der Waals surface area contributed by atoms with Gasteiger partial charge in [0, 0.05) is 0 Å². The van der Waals surface area contributed by atoms with Gasteiger partial charge in [0.15, 0.2) is 0 Å². The minimum absolute atomic E-state index is 0.0268. The molecule has 2 nitrogen and oxygen atoms in total. The summed E-state index contributed by atoms with van der Waals surface area (Å²) in [7, 11) is 0. The van der Waals surface area contributed by atoms with Gasteiger partial charge in [0.1, 0.15) is 0 Å². The Labute approximate surface area is 124 Å². The van der Waals surface area contributed by atoms with Gasteiger partial charge in [0.2, 0.25) is 0 Å². The third kappa shape index (κ3) is 2.48. The van der Waals surface area contributed by atoms with Crippen LogP contribution in [0.15, 0.2) is 53.5 Å². The third-order valence-electron chi connectivity index (χ3n) is 3.35. The van der Waals surface area contributed by atoms with Crippen molar-refractivity contribution in [3.05, 3.63) is 71.3 Å². The van der Waals surface area contributed by atoms with Crippen LogP contribution in [-0.4, -0.2) is 27.2 Å². The SMILES string of the molecule is Fc1ccc(C2N=CN([As])C2c2ccc(F)cc2)cc1. The molecule has 0 fully saturated rings.